The highest BCUT2D eigenvalue weighted by atomic mass is 19.4. The van der Waals surface area contributed by atoms with E-state index < -0.39 is 17.7 Å². The molecule has 0 radical (unpaired) electrons. The molecule has 144 valence electrons. The van der Waals surface area contributed by atoms with E-state index in [2.05, 4.69) is 5.32 Å². The van der Waals surface area contributed by atoms with Gasteiger partial charge in [0.05, 0.1) is 11.5 Å². The number of carbonyl (C=O) groups is 2. The zero-order valence-electron chi connectivity index (χ0n) is 14.6. The SMILES string of the molecule is CCOCCCNC(=O)C1CC(=O)N(Cc2cccc(C(F)(F)F)c2)C1. The van der Waals surface area contributed by atoms with Crippen molar-refractivity contribution in [2.24, 2.45) is 5.92 Å². The van der Waals surface area contributed by atoms with Gasteiger partial charge in [-0.1, -0.05) is 12.1 Å². The molecular formula is C18H23F3N2O3. The molecule has 0 spiro atoms. The lowest BCUT2D eigenvalue weighted by Crippen LogP contribution is -2.33. The number of nitrogens with zero attached hydrogens (tertiary/aromatic N) is 1. The van der Waals surface area contributed by atoms with Crippen molar-refractivity contribution in [1.82, 2.24) is 10.2 Å². The molecule has 2 amide bonds. The van der Waals surface area contributed by atoms with Crippen LogP contribution in [0.1, 0.15) is 30.9 Å². The van der Waals surface area contributed by atoms with Crippen molar-refractivity contribution in [3.63, 3.8) is 0 Å². The fraction of sp³-hybridized carbons (Fsp3) is 0.556. The van der Waals surface area contributed by atoms with E-state index >= 15 is 0 Å². The maximum absolute atomic E-state index is 12.8. The largest absolute Gasteiger partial charge is 0.416 e. The number of rotatable bonds is 8. The quantitative estimate of drug-likeness (QED) is 0.714. The Morgan fingerprint density at radius 2 is 2.15 bits per heavy atom. The molecule has 1 aromatic carbocycles. The molecule has 8 heteroatoms. The number of hydrogen-bond donors (Lipinski definition) is 1. The Morgan fingerprint density at radius 1 is 1.38 bits per heavy atom. The normalized spacial score (nSPS) is 17.6. The molecule has 0 aromatic heterocycles. The number of benzene rings is 1. The molecule has 1 heterocycles. The molecule has 1 aliphatic rings. The molecule has 1 atom stereocenters. The average Bonchev–Trinajstić information content (AvgIpc) is 2.95. The summed E-state index contributed by atoms with van der Waals surface area (Å²) in [5.41, 5.74) is -0.351. The Morgan fingerprint density at radius 3 is 2.85 bits per heavy atom. The third-order valence-electron chi connectivity index (χ3n) is 4.18. The van der Waals surface area contributed by atoms with Crippen LogP contribution in [0, 0.1) is 5.92 Å². The third-order valence-corrected chi connectivity index (χ3v) is 4.18. The van der Waals surface area contributed by atoms with Crippen LogP contribution in [0.2, 0.25) is 0 Å². The lowest BCUT2D eigenvalue weighted by Gasteiger charge is -2.17. The summed E-state index contributed by atoms with van der Waals surface area (Å²) in [6.07, 6.45) is -3.65. The van der Waals surface area contributed by atoms with Crippen LogP contribution in [0.15, 0.2) is 24.3 Å². The summed E-state index contributed by atoms with van der Waals surface area (Å²) < 4.78 is 43.5. The molecule has 1 saturated heterocycles. The van der Waals surface area contributed by atoms with Crippen LogP contribution >= 0.6 is 0 Å². The van der Waals surface area contributed by atoms with E-state index in [9.17, 15) is 22.8 Å². The number of ether oxygens (including phenoxy) is 1. The van der Waals surface area contributed by atoms with Gasteiger partial charge in [-0.25, -0.2) is 0 Å². The van der Waals surface area contributed by atoms with E-state index in [1.54, 1.807) is 6.07 Å². The highest BCUT2D eigenvalue weighted by molar-refractivity contribution is 5.89. The zero-order chi connectivity index (χ0) is 19.2. The van der Waals surface area contributed by atoms with Crippen molar-refractivity contribution in [3.05, 3.63) is 35.4 Å². The van der Waals surface area contributed by atoms with Gasteiger partial charge in [0.25, 0.3) is 0 Å². The molecule has 26 heavy (non-hydrogen) atoms. The van der Waals surface area contributed by atoms with Gasteiger partial charge >= 0.3 is 6.18 Å². The van der Waals surface area contributed by atoms with E-state index in [0.29, 0.717) is 31.7 Å². The van der Waals surface area contributed by atoms with E-state index in [1.807, 2.05) is 6.92 Å². The maximum Gasteiger partial charge on any atom is 0.416 e. The first-order chi connectivity index (χ1) is 12.3. The number of nitrogens with one attached hydrogen (secondary N) is 1. The molecule has 5 nitrogen and oxygen atoms in total. The Labute approximate surface area is 150 Å². The standard InChI is InChI=1S/C18H23F3N2O3/c1-2-26-8-4-7-22-17(25)14-10-16(24)23(12-14)11-13-5-3-6-15(9-13)18(19,20)21/h3,5-6,9,14H,2,4,7-8,10-12H2,1H3,(H,22,25). The Kier molecular flexibility index (Phi) is 7.02. The molecule has 0 saturated carbocycles. The summed E-state index contributed by atoms with van der Waals surface area (Å²) in [6, 6.07) is 4.90. The highest BCUT2D eigenvalue weighted by Gasteiger charge is 2.35. The summed E-state index contributed by atoms with van der Waals surface area (Å²) >= 11 is 0. The first-order valence-electron chi connectivity index (χ1n) is 8.60. The second-order valence-corrected chi connectivity index (χ2v) is 6.21. The fourth-order valence-corrected chi connectivity index (χ4v) is 2.84. The van der Waals surface area contributed by atoms with Crippen molar-refractivity contribution >= 4 is 11.8 Å². The first-order valence-corrected chi connectivity index (χ1v) is 8.60. The summed E-state index contributed by atoms with van der Waals surface area (Å²) in [6.45, 7) is 3.82. The maximum atomic E-state index is 12.8. The van der Waals surface area contributed by atoms with Crippen molar-refractivity contribution in [3.8, 4) is 0 Å². The minimum Gasteiger partial charge on any atom is -0.382 e. The number of carbonyl (C=O) groups excluding carboxylic acids is 2. The summed E-state index contributed by atoms with van der Waals surface area (Å²) in [4.78, 5) is 25.7. The summed E-state index contributed by atoms with van der Waals surface area (Å²) in [5, 5.41) is 2.77. The summed E-state index contributed by atoms with van der Waals surface area (Å²) in [7, 11) is 0. The molecular weight excluding hydrogens is 349 g/mol. The van der Waals surface area contributed by atoms with Gasteiger partial charge in [-0.15, -0.1) is 0 Å². The lowest BCUT2D eigenvalue weighted by molar-refractivity contribution is -0.137. The molecule has 1 unspecified atom stereocenters. The lowest BCUT2D eigenvalue weighted by atomic mass is 10.1. The van der Waals surface area contributed by atoms with Crippen LogP contribution in [-0.4, -0.2) is 43.0 Å². The summed E-state index contributed by atoms with van der Waals surface area (Å²) in [5.74, 6) is -0.904. The van der Waals surface area contributed by atoms with Crippen molar-refractivity contribution in [2.45, 2.75) is 32.5 Å². The van der Waals surface area contributed by atoms with Crippen LogP contribution in [0.4, 0.5) is 13.2 Å². The predicted octanol–water partition coefficient (Wildman–Crippen LogP) is 2.60. The minimum absolute atomic E-state index is 0.0663. The number of alkyl halides is 3. The van der Waals surface area contributed by atoms with E-state index in [1.165, 1.54) is 11.0 Å². The minimum atomic E-state index is -4.42. The molecule has 1 N–H and O–H groups in total. The van der Waals surface area contributed by atoms with Crippen molar-refractivity contribution in [2.75, 3.05) is 26.3 Å². The Hall–Kier alpha value is -2.09. The number of amides is 2. The molecule has 1 fully saturated rings. The molecule has 1 aliphatic heterocycles. The van der Waals surface area contributed by atoms with Crippen LogP contribution < -0.4 is 5.32 Å². The highest BCUT2D eigenvalue weighted by Crippen LogP contribution is 2.30. The van der Waals surface area contributed by atoms with Gasteiger partial charge in [0.1, 0.15) is 0 Å². The van der Waals surface area contributed by atoms with Gasteiger partial charge in [-0.3, -0.25) is 9.59 Å². The van der Waals surface area contributed by atoms with Crippen LogP contribution in [0.5, 0.6) is 0 Å². The van der Waals surface area contributed by atoms with E-state index in [0.717, 1.165) is 12.1 Å². The average molecular weight is 372 g/mol. The Bertz CT molecular complexity index is 634. The van der Waals surface area contributed by atoms with Crippen LogP contribution in [0.3, 0.4) is 0 Å². The molecule has 1 aromatic rings. The van der Waals surface area contributed by atoms with Crippen LogP contribution in [0.25, 0.3) is 0 Å². The van der Waals surface area contributed by atoms with Gasteiger partial charge in [0.2, 0.25) is 11.8 Å². The first kappa shape index (κ1) is 20.2. The fourth-order valence-electron chi connectivity index (χ4n) is 2.84. The topological polar surface area (TPSA) is 58.6 Å². The van der Waals surface area contributed by atoms with Gasteiger partial charge in [-0.05, 0) is 31.0 Å². The van der Waals surface area contributed by atoms with Crippen LogP contribution in [-0.2, 0) is 27.0 Å². The monoisotopic (exact) mass is 372 g/mol. The zero-order valence-corrected chi connectivity index (χ0v) is 14.6. The van der Waals surface area contributed by atoms with Crippen molar-refractivity contribution < 1.29 is 27.5 Å². The van der Waals surface area contributed by atoms with E-state index in [4.69, 9.17) is 4.74 Å². The smallest absolute Gasteiger partial charge is 0.382 e. The third kappa shape index (κ3) is 5.72. The molecule has 0 aliphatic carbocycles. The van der Waals surface area contributed by atoms with Gasteiger partial charge in [-0.2, -0.15) is 13.2 Å². The second-order valence-electron chi connectivity index (χ2n) is 6.21. The number of likely N-dealkylation sites (tertiary alicyclic amines) is 1. The van der Waals surface area contributed by atoms with Gasteiger partial charge < -0.3 is 15.0 Å². The van der Waals surface area contributed by atoms with Gasteiger partial charge in [0, 0.05) is 39.3 Å². The second kappa shape index (κ2) is 9.02. The van der Waals surface area contributed by atoms with Gasteiger partial charge in [0.15, 0.2) is 0 Å². The predicted molar refractivity (Wildman–Crippen MR) is 89.1 cm³/mol. The Balaban J connectivity index is 1.87. The molecule has 2 rings (SSSR count). The number of halogens is 3. The van der Waals surface area contributed by atoms with Crippen molar-refractivity contribution in [1.29, 1.82) is 0 Å². The molecule has 0 bridgehead atoms. The van der Waals surface area contributed by atoms with E-state index in [-0.39, 0.29) is 31.3 Å². The number of hydrogen-bond acceptors (Lipinski definition) is 3.